The van der Waals surface area contributed by atoms with E-state index < -0.39 is 0 Å². The molecule has 0 spiro atoms. The van der Waals surface area contributed by atoms with Crippen LogP contribution < -0.4 is 5.73 Å². The summed E-state index contributed by atoms with van der Waals surface area (Å²) in [5.41, 5.74) is 5.79. The van der Waals surface area contributed by atoms with Gasteiger partial charge in [-0.1, -0.05) is 13.8 Å². The molecule has 0 aromatic rings. The standard InChI is InChI=1S/C8H16N4/c1-4-10-7(9)12-6-8(2,3)5-11-12/h5H,4,6H2,1-3H3,(H2,9,10). The minimum absolute atomic E-state index is 0.119. The van der Waals surface area contributed by atoms with E-state index in [4.69, 9.17) is 5.73 Å². The normalized spacial score (nSPS) is 21.9. The lowest BCUT2D eigenvalue weighted by atomic mass is 9.97. The molecule has 0 unspecified atom stereocenters. The molecule has 0 atom stereocenters. The van der Waals surface area contributed by atoms with Crippen LogP contribution in [0, 0.1) is 5.41 Å². The third-order valence-corrected chi connectivity index (χ3v) is 1.69. The molecule has 1 aliphatic heterocycles. The van der Waals surface area contributed by atoms with Crippen molar-refractivity contribution in [2.24, 2.45) is 21.2 Å². The van der Waals surface area contributed by atoms with Crippen molar-refractivity contribution in [2.75, 3.05) is 13.1 Å². The fourth-order valence-corrected chi connectivity index (χ4v) is 1.08. The number of hydrogen-bond acceptors (Lipinski definition) is 2. The van der Waals surface area contributed by atoms with Gasteiger partial charge in [-0.15, -0.1) is 0 Å². The molecule has 2 N–H and O–H groups in total. The van der Waals surface area contributed by atoms with Crippen molar-refractivity contribution < 1.29 is 0 Å². The highest BCUT2D eigenvalue weighted by Crippen LogP contribution is 2.19. The van der Waals surface area contributed by atoms with Gasteiger partial charge in [-0.05, 0) is 6.92 Å². The monoisotopic (exact) mass is 168 g/mol. The predicted octanol–water partition coefficient (Wildman–Crippen LogP) is 0.649. The average molecular weight is 168 g/mol. The SMILES string of the molecule is CC/N=C(/N)N1CC(C)(C)C=N1. The Hall–Kier alpha value is -1.06. The molecule has 0 aromatic heterocycles. The van der Waals surface area contributed by atoms with Crippen LogP contribution in [-0.2, 0) is 0 Å². The number of nitrogens with zero attached hydrogens (tertiary/aromatic N) is 3. The van der Waals surface area contributed by atoms with Crippen LogP contribution in [0.5, 0.6) is 0 Å². The molecule has 1 rings (SSSR count). The van der Waals surface area contributed by atoms with Gasteiger partial charge in [-0.3, -0.25) is 4.99 Å². The minimum atomic E-state index is 0.119. The molecule has 4 heteroatoms. The van der Waals surface area contributed by atoms with Crippen molar-refractivity contribution in [3.05, 3.63) is 0 Å². The van der Waals surface area contributed by atoms with Crippen LogP contribution in [0.1, 0.15) is 20.8 Å². The maximum Gasteiger partial charge on any atom is 0.212 e. The van der Waals surface area contributed by atoms with E-state index in [-0.39, 0.29) is 5.41 Å². The summed E-state index contributed by atoms with van der Waals surface area (Å²) in [6.07, 6.45) is 1.91. The summed E-state index contributed by atoms with van der Waals surface area (Å²) in [4.78, 5) is 4.08. The van der Waals surface area contributed by atoms with Gasteiger partial charge in [0.1, 0.15) is 0 Å². The number of rotatable bonds is 1. The Morgan fingerprint density at radius 3 is 2.83 bits per heavy atom. The van der Waals surface area contributed by atoms with Gasteiger partial charge in [0.15, 0.2) is 0 Å². The van der Waals surface area contributed by atoms with Gasteiger partial charge in [0.2, 0.25) is 5.96 Å². The fraction of sp³-hybridized carbons (Fsp3) is 0.750. The van der Waals surface area contributed by atoms with Gasteiger partial charge in [-0.25, -0.2) is 5.01 Å². The highest BCUT2D eigenvalue weighted by molar-refractivity contribution is 5.81. The summed E-state index contributed by atoms with van der Waals surface area (Å²) in [7, 11) is 0. The van der Waals surface area contributed by atoms with E-state index in [9.17, 15) is 0 Å². The molecule has 0 bridgehead atoms. The molecule has 0 amide bonds. The quantitative estimate of drug-likeness (QED) is 0.461. The van der Waals surface area contributed by atoms with Crippen molar-refractivity contribution in [1.82, 2.24) is 5.01 Å². The molecule has 4 nitrogen and oxygen atoms in total. The van der Waals surface area contributed by atoms with Gasteiger partial charge < -0.3 is 5.73 Å². The lowest BCUT2D eigenvalue weighted by Crippen LogP contribution is -2.35. The Bertz CT molecular complexity index is 217. The van der Waals surface area contributed by atoms with Crippen molar-refractivity contribution in [3.8, 4) is 0 Å². The summed E-state index contributed by atoms with van der Waals surface area (Å²) < 4.78 is 0. The van der Waals surface area contributed by atoms with Crippen molar-refractivity contribution in [1.29, 1.82) is 0 Å². The largest absolute Gasteiger partial charge is 0.368 e. The first-order chi connectivity index (χ1) is 5.55. The molecule has 68 valence electrons. The van der Waals surface area contributed by atoms with E-state index in [1.54, 1.807) is 5.01 Å². The first kappa shape index (κ1) is 9.03. The van der Waals surface area contributed by atoms with Crippen LogP contribution in [-0.4, -0.2) is 30.3 Å². The highest BCUT2D eigenvalue weighted by atomic mass is 15.5. The fourth-order valence-electron chi connectivity index (χ4n) is 1.08. The summed E-state index contributed by atoms with van der Waals surface area (Å²) in [6, 6.07) is 0. The zero-order valence-corrected chi connectivity index (χ0v) is 7.91. The van der Waals surface area contributed by atoms with Crippen molar-refractivity contribution in [2.45, 2.75) is 20.8 Å². The van der Waals surface area contributed by atoms with E-state index in [2.05, 4.69) is 23.9 Å². The third kappa shape index (κ3) is 1.96. The van der Waals surface area contributed by atoms with Crippen LogP contribution in [0.3, 0.4) is 0 Å². The van der Waals surface area contributed by atoms with Crippen LogP contribution in [0.2, 0.25) is 0 Å². The van der Waals surface area contributed by atoms with Gasteiger partial charge in [0.25, 0.3) is 0 Å². The molecule has 0 saturated heterocycles. The Morgan fingerprint density at radius 2 is 2.42 bits per heavy atom. The van der Waals surface area contributed by atoms with E-state index >= 15 is 0 Å². The van der Waals surface area contributed by atoms with Crippen LogP contribution in [0.25, 0.3) is 0 Å². The molecule has 12 heavy (non-hydrogen) atoms. The summed E-state index contributed by atoms with van der Waals surface area (Å²) in [5, 5.41) is 5.90. The van der Waals surface area contributed by atoms with Gasteiger partial charge in [-0.2, -0.15) is 5.10 Å². The van der Waals surface area contributed by atoms with Gasteiger partial charge >= 0.3 is 0 Å². The lowest BCUT2D eigenvalue weighted by molar-refractivity contribution is 0.382. The molecule has 1 aliphatic rings. The Balaban J connectivity index is 2.60. The molecular weight excluding hydrogens is 152 g/mol. The zero-order valence-electron chi connectivity index (χ0n) is 7.91. The third-order valence-electron chi connectivity index (χ3n) is 1.69. The van der Waals surface area contributed by atoms with E-state index in [0.29, 0.717) is 12.5 Å². The van der Waals surface area contributed by atoms with E-state index in [1.807, 2.05) is 13.1 Å². The van der Waals surface area contributed by atoms with Gasteiger partial charge in [0, 0.05) is 18.2 Å². The maximum atomic E-state index is 5.67. The number of guanidine groups is 1. The summed E-state index contributed by atoms with van der Waals surface area (Å²) >= 11 is 0. The number of hydrogen-bond donors (Lipinski definition) is 1. The highest BCUT2D eigenvalue weighted by Gasteiger charge is 2.26. The van der Waals surface area contributed by atoms with Crippen molar-refractivity contribution >= 4 is 12.2 Å². The first-order valence-corrected chi connectivity index (χ1v) is 4.18. The maximum absolute atomic E-state index is 5.67. The Labute approximate surface area is 73.1 Å². The predicted molar refractivity (Wildman–Crippen MR) is 51.1 cm³/mol. The van der Waals surface area contributed by atoms with Crippen LogP contribution >= 0.6 is 0 Å². The molecular formula is C8H16N4. The Kier molecular flexibility index (Phi) is 2.35. The smallest absolute Gasteiger partial charge is 0.212 e. The lowest BCUT2D eigenvalue weighted by Gasteiger charge is -2.17. The molecule has 0 aliphatic carbocycles. The Morgan fingerprint density at radius 1 is 1.75 bits per heavy atom. The second kappa shape index (κ2) is 3.13. The summed E-state index contributed by atoms with van der Waals surface area (Å²) in [5.74, 6) is 0.513. The average Bonchev–Trinajstić information content (AvgIpc) is 2.31. The summed E-state index contributed by atoms with van der Waals surface area (Å²) in [6.45, 7) is 7.73. The molecule has 0 saturated carbocycles. The number of aliphatic imine (C=N–C) groups is 1. The topological polar surface area (TPSA) is 54.0 Å². The van der Waals surface area contributed by atoms with Crippen LogP contribution in [0.4, 0.5) is 0 Å². The first-order valence-electron chi connectivity index (χ1n) is 4.18. The molecule has 0 aromatic carbocycles. The van der Waals surface area contributed by atoms with E-state index in [1.165, 1.54) is 0 Å². The van der Waals surface area contributed by atoms with Crippen molar-refractivity contribution in [3.63, 3.8) is 0 Å². The van der Waals surface area contributed by atoms with Crippen LogP contribution in [0.15, 0.2) is 10.1 Å². The number of hydrazone groups is 1. The second-order valence-corrected chi connectivity index (χ2v) is 3.62. The van der Waals surface area contributed by atoms with E-state index in [0.717, 1.165) is 6.54 Å². The number of nitrogens with two attached hydrogens (primary N) is 1. The minimum Gasteiger partial charge on any atom is -0.368 e. The van der Waals surface area contributed by atoms with Gasteiger partial charge in [0.05, 0.1) is 6.54 Å². The second-order valence-electron chi connectivity index (χ2n) is 3.62. The molecule has 0 fully saturated rings. The zero-order chi connectivity index (χ0) is 9.19. The molecule has 1 heterocycles. The molecule has 0 radical (unpaired) electrons.